The number of hydrogen-bond donors (Lipinski definition) is 1. The molecule has 0 aliphatic carbocycles. The van der Waals surface area contributed by atoms with Gasteiger partial charge in [0.05, 0.1) is 36.0 Å². The molecule has 4 rings (SSSR count). The highest BCUT2D eigenvalue weighted by atomic mass is 19.4. The van der Waals surface area contributed by atoms with Gasteiger partial charge in [-0.15, -0.1) is 0 Å². The minimum absolute atomic E-state index is 0.00602. The van der Waals surface area contributed by atoms with Gasteiger partial charge in [0, 0.05) is 12.1 Å². The summed E-state index contributed by atoms with van der Waals surface area (Å²) >= 11 is 0. The van der Waals surface area contributed by atoms with Crippen LogP contribution in [0.3, 0.4) is 0 Å². The van der Waals surface area contributed by atoms with Crippen molar-refractivity contribution in [2.24, 2.45) is 0 Å². The van der Waals surface area contributed by atoms with Gasteiger partial charge in [0.15, 0.2) is 5.65 Å². The topological polar surface area (TPSA) is 81.8 Å². The van der Waals surface area contributed by atoms with Crippen LogP contribution in [-0.4, -0.2) is 31.8 Å². The highest BCUT2D eigenvalue weighted by molar-refractivity contribution is 5.94. The fourth-order valence-electron chi connectivity index (χ4n) is 3.78. The first kappa shape index (κ1) is 28.6. The van der Waals surface area contributed by atoms with Crippen molar-refractivity contribution in [3.05, 3.63) is 93.2 Å². The van der Waals surface area contributed by atoms with E-state index in [1.165, 1.54) is 16.8 Å². The van der Waals surface area contributed by atoms with Crippen molar-refractivity contribution in [2.75, 3.05) is 6.54 Å². The lowest BCUT2D eigenvalue weighted by Gasteiger charge is -2.14. The molecule has 40 heavy (non-hydrogen) atoms. The van der Waals surface area contributed by atoms with E-state index >= 15 is 0 Å². The molecule has 1 amide bonds. The molecule has 16 heteroatoms. The number of hydrogen-bond acceptors (Lipinski definition) is 4. The van der Waals surface area contributed by atoms with E-state index in [1.54, 1.807) is 0 Å². The number of alkyl halides is 9. The van der Waals surface area contributed by atoms with Crippen LogP contribution in [0.1, 0.15) is 32.6 Å². The van der Waals surface area contributed by atoms with Gasteiger partial charge in [0.1, 0.15) is 11.7 Å². The summed E-state index contributed by atoms with van der Waals surface area (Å²) in [6, 6.07) is 4.87. The molecule has 1 N–H and O–H groups in total. The Kier molecular flexibility index (Phi) is 7.38. The number of amides is 1. The number of rotatable bonds is 6. The van der Waals surface area contributed by atoms with Gasteiger partial charge in [-0.25, -0.2) is 9.67 Å². The van der Waals surface area contributed by atoms with Crippen molar-refractivity contribution in [1.29, 1.82) is 0 Å². The van der Waals surface area contributed by atoms with Gasteiger partial charge >= 0.3 is 18.5 Å². The molecule has 0 unspecified atom stereocenters. The van der Waals surface area contributed by atoms with E-state index in [-0.39, 0.29) is 42.3 Å². The average molecular weight is 577 g/mol. The van der Waals surface area contributed by atoms with Crippen molar-refractivity contribution >= 4 is 16.9 Å². The number of fused-ring (bicyclic) bond motifs is 1. The zero-order valence-corrected chi connectivity index (χ0v) is 19.8. The summed E-state index contributed by atoms with van der Waals surface area (Å²) < 4.78 is 119. The number of carbonyl (C=O) groups excluding carboxylic acids is 1. The van der Waals surface area contributed by atoms with Crippen molar-refractivity contribution in [1.82, 2.24) is 24.6 Å². The number of nitrogens with zero attached hydrogens (tertiary/aromatic N) is 4. The van der Waals surface area contributed by atoms with Crippen LogP contribution in [-0.2, 0) is 31.6 Å². The lowest BCUT2D eigenvalue weighted by Crippen LogP contribution is -2.28. The van der Waals surface area contributed by atoms with Gasteiger partial charge in [0.2, 0.25) is 0 Å². The van der Waals surface area contributed by atoms with Crippen LogP contribution in [0.15, 0.2) is 59.8 Å². The molecule has 7 nitrogen and oxygen atoms in total. The van der Waals surface area contributed by atoms with Gasteiger partial charge in [-0.05, 0) is 35.9 Å². The zero-order chi connectivity index (χ0) is 29.5. The highest BCUT2D eigenvalue weighted by Crippen LogP contribution is 2.36. The lowest BCUT2D eigenvalue weighted by molar-refractivity contribution is -0.143. The maximum Gasteiger partial charge on any atom is 0.416 e. The molecule has 0 saturated heterocycles. The Balaban J connectivity index is 1.48. The molecular weight excluding hydrogens is 561 g/mol. The van der Waals surface area contributed by atoms with E-state index in [0.29, 0.717) is 12.1 Å². The molecule has 0 fully saturated rings. The SMILES string of the molecule is O=C(NCCn1ncc2c(=O)n(Cc3cccc(C(F)(F)F)c3)cnc21)c1cc(C(F)(F)F)cc(C(F)(F)F)c1. The van der Waals surface area contributed by atoms with Crippen molar-refractivity contribution in [3.63, 3.8) is 0 Å². The molecule has 0 radical (unpaired) electrons. The Morgan fingerprint density at radius 1 is 0.850 bits per heavy atom. The summed E-state index contributed by atoms with van der Waals surface area (Å²) in [5.41, 5.74) is -5.42. The minimum atomic E-state index is -5.12. The summed E-state index contributed by atoms with van der Waals surface area (Å²) in [6.45, 7) is -0.684. The first-order chi connectivity index (χ1) is 18.5. The van der Waals surface area contributed by atoms with Gasteiger partial charge in [-0.2, -0.15) is 44.6 Å². The van der Waals surface area contributed by atoms with Crippen LogP contribution < -0.4 is 10.9 Å². The van der Waals surface area contributed by atoms with Gasteiger partial charge in [0.25, 0.3) is 11.5 Å². The molecule has 0 saturated carbocycles. The predicted molar refractivity (Wildman–Crippen MR) is 121 cm³/mol. The maximum absolute atomic E-state index is 13.0. The molecule has 2 heterocycles. The third-order valence-corrected chi connectivity index (χ3v) is 5.69. The number of carbonyl (C=O) groups is 1. The highest BCUT2D eigenvalue weighted by Gasteiger charge is 2.37. The van der Waals surface area contributed by atoms with E-state index in [0.717, 1.165) is 29.2 Å². The third kappa shape index (κ3) is 6.26. The van der Waals surface area contributed by atoms with Gasteiger partial charge < -0.3 is 5.32 Å². The molecule has 0 aliphatic rings. The number of nitrogens with one attached hydrogen (secondary N) is 1. The normalized spacial score (nSPS) is 12.6. The molecule has 0 spiro atoms. The zero-order valence-electron chi connectivity index (χ0n) is 19.8. The molecule has 0 bridgehead atoms. The third-order valence-electron chi connectivity index (χ3n) is 5.69. The fraction of sp³-hybridized carbons (Fsp3) is 0.250. The Hall–Kier alpha value is -4.37. The second-order valence-electron chi connectivity index (χ2n) is 8.53. The monoisotopic (exact) mass is 577 g/mol. The largest absolute Gasteiger partial charge is 0.416 e. The summed E-state index contributed by atoms with van der Waals surface area (Å²) in [7, 11) is 0. The van der Waals surface area contributed by atoms with Crippen LogP contribution in [0.25, 0.3) is 11.0 Å². The minimum Gasteiger partial charge on any atom is -0.350 e. The molecule has 2 aromatic carbocycles. The van der Waals surface area contributed by atoms with Gasteiger partial charge in [-0.3, -0.25) is 14.2 Å². The van der Waals surface area contributed by atoms with Crippen molar-refractivity contribution < 1.29 is 44.3 Å². The van der Waals surface area contributed by atoms with E-state index in [2.05, 4.69) is 15.4 Å². The molecule has 0 aliphatic heterocycles. The average Bonchev–Trinajstić information content (AvgIpc) is 3.27. The number of aromatic nitrogens is 4. The van der Waals surface area contributed by atoms with Gasteiger partial charge in [-0.1, -0.05) is 12.1 Å². The summed E-state index contributed by atoms with van der Waals surface area (Å²) in [5, 5.41) is 6.15. The summed E-state index contributed by atoms with van der Waals surface area (Å²) in [5.74, 6) is -1.20. The second-order valence-corrected chi connectivity index (χ2v) is 8.53. The van der Waals surface area contributed by atoms with E-state index in [1.807, 2.05) is 0 Å². The first-order valence-electron chi connectivity index (χ1n) is 11.2. The molecule has 4 aromatic rings. The Labute approximate surface area is 217 Å². The molecule has 2 aromatic heterocycles. The lowest BCUT2D eigenvalue weighted by atomic mass is 10.0. The number of benzene rings is 2. The fourth-order valence-corrected chi connectivity index (χ4v) is 3.78. The van der Waals surface area contributed by atoms with E-state index in [4.69, 9.17) is 0 Å². The smallest absolute Gasteiger partial charge is 0.350 e. The Bertz CT molecular complexity index is 1590. The second kappa shape index (κ2) is 10.3. The molecule has 212 valence electrons. The molecule has 0 atom stereocenters. The van der Waals surface area contributed by atoms with Crippen LogP contribution in [0, 0.1) is 0 Å². The first-order valence-corrected chi connectivity index (χ1v) is 11.2. The quantitative estimate of drug-likeness (QED) is 0.323. The molecular formula is C24H16F9N5O2. The van der Waals surface area contributed by atoms with Crippen LogP contribution >= 0.6 is 0 Å². The van der Waals surface area contributed by atoms with E-state index < -0.39 is 52.2 Å². The number of halogens is 9. The van der Waals surface area contributed by atoms with Crippen LogP contribution in [0.5, 0.6) is 0 Å². The predicted octanol–water partition coefficient (Wildman–Crippen LogP) is 5.13. The Morgan fingerprint density at radius 3 is 2.08 bits per heavy atom. The summed E-state index contributed by atoms with van der Waals surface area (Å²) in [6.07, 6.45) is -12.6. The van der Waals surface area contributed by atoms with Crippen LogP contribution in [0.2, 0.25) is 0 Å². The van der Waals surface area contributed by atoms with E-state index in [9.17, 15) is 49.1 Å². The van der Waals surface area contributed by atoms with Crippen LogP contribution in [0.4, 0.5) is 39.5 Å². The summed E-state index contributed by atoms with van der Waals surface area (Å²) in [4.78, 5) is 29.2. The Morgan fingerprint density at radius 2 is 1.48 bits per heavy atom. The standard InChI is InChI=1S/C24H16F9N5O2/c25-22(26,27)15-3-1-2-13(6-15)11-37-12-35-19-18(21(37)40)10-36-38(19)5-4-34-20(39)14-7-16(23(28,29)30)9-17(8-14)24(31,32)33/h1-3,6-10,12H,4-5,11H2,(H,34,39). The maximum atomic E-state index is 13.0. The van der Waals surface area contributed by atoms with Crippen molar-refractivity contribution in [3.8, 4) is 0 Å². The van der Waals surface area contributed by atoms with Crippen molar-refractivity contribution in [2.45, 2.75) is 31.6 Å².